The molecule has 1 rings (SSSR count). The second-order valence-electron chi connectivity index (χ2n) is 3.04. The smallest absolute Gasteiger partial charge is 0.336 e. The molecule has 1 aromatic carbocycles. The average molecular weight is 244 g/mol. The Morgan fingerprint density at radius 3 is 2.19 bits per heavy atom. The molecule has 0 saturated heterocycles. The van der Waals surface area contributed by atoms with Gasteiger partial charge in [-0.15, -0.1) is 0 Å². The zero-order valence-electron chi connectivity index (χ0n) is 7.60. The van der Waals surface area contributed by atoms with Gasteiger partial charge in [0.1, 0.15) is 11.6 Å². The van der Waals surface area contributed by atoms with Crippen molar-refractivity contribution in [2.24, 2.45) is 0 Å². The molecule has 1 N–H and O–H groups in total. The van der Waals surface area contributed by atoms with Gasteiger partial charge in [0, 0.05) is 5.56 Å². The Hall–Kier alpha value is -1.24. The highest BCUT2D eigenvalue weighted by Crippen LogP contribution is 2.37. The van der Waals surface area contributed by atoms with E-state index < -0.39 is 35.6 Å². The van der Waals surface area contributed by atoms with Gasteiger partial charge >= 0.3 is 12.3 Å². The molecule has 1 aromatic rings. The van der Waals surface area contributed by atoms with E-state index in [4.69, 9.17) is 5.11 Å². The largest absolute Gasteiger partial charge is 0.382 e. The van der Waals surface area contributed by atoms with Gasteiger partial charge < -0.3 is 5.11 Å². The van der Waals surface area contributed by atoms with Crippen LogP contribution in [-0.4, -0.2) is 17.5 Å². The summed E-state index contributed by atoms with van der Waals surface area (Å²) in [5.74, 6) is -7.33. The molecule has 7 heteroatoms. The van der Waals surface area contributed by atoms with Crippen LogP contribution in [0.2, 0.25) is 0 Å². The second-order valence-corrected chi connectivity index (χ2v) is 3.04. The molecular formula is C9H6F6O. The van der Waals surface area contributed by atoms with E-state index >= 15 is 0 Å². The Kier molecular flexibility index (Phi) is 3.47. The first kappa shape index (κ1) is 12.8. The molecule has 0 fully saturated rings. The van der Waals surface area contributed by atoms with Crippen LogP contribution in [-0.2, 0) is 0 Å². The van der Waals surface area contributed by atoms with Crippen molar-refractivity contribution < 1.29 is 31.4 Å². The highest BCUT2D eigenvalue weighted by atomic mass is 19.3. The molecule has 0 saturated carbocycles. The van der Waals surface area contributed by atoms with E-state index in [2.05, 4.69) is 0 Å². The molecule has 0 aliphatic rings. The SMILES string of the molecule is OC(c1cc(F)ccc1F)C(F)(F)C(F)F. The van der Waals surface area contributed by atoms with Gasteiger partial charge in [-0.25, -0.2) is 17.6 Å². The fraction of sp³-hybridized carbons (Fsp3) is 0.333. The maximum atomic E-state index is 12.9. The van der Waals surface area contributed by atoms with Crippen molar-refractivity contribution in [3.05, 3.63) is 35.4 Å². The summed E-state index contributed by atoms with van der Waals surface area (Å²) in [5, 5.41) is 8.89. The molecule has 0 bridgehead atoms. The summed E-state index contributed by atoms with van der Waals surface area (Å²) in [6, 6.07) is 1.33. The van der Waals surface area contributed by atoms with Gasteiger partial charge in [0.05, 0.1) is 0 Å². The minimum absolute atomic E-state index is 0.246. The molecule has 0 radical (unpaired) electrons. The number of aliphatic hydroxyl groups is 1. The van der Waals surface area contributed by atoms with Crippen LogP contribution in [0.25, 0.3) is 0 Å². The number of aliphatic hydroxyl groups excluding tert-OH is 1. The normalized spacial score (nSPS) is 14.2. The molecule has 1 nitrogen and oxygen atoms in total. The molecule has 0 amide bonds. The summed E-state index contributed by atoms with van der Waals surface area (Å²) < 4.78 is 74.5. The molecule has 16 heavy (non-hydrogen) atoms. The van der Waals surface area contributed by atoms with Crippen LogP contribution in [0.5, 0.6) is 0 Å². The van der Waals surface area contributed by atoms with Crippen molar-refractivity contribution in [2.75, 3.05) is 0 Å². The van der Waals surface area contributed by atoms with Crippen LogP contribution in [0.1, 0.15) is 11.7 Å². The van der Waals surface area contributed by atoms with Crippen LogP contribution in [0.4, 0.5) is 26.3 Å². The summed E-state index contributed by atoms with van der Waals surface area (Å²) in [6.45, 7) is 0. The van der Waals surface area contributed by atoms with Crippen molar-refractivity contribution in [3.8, 4) is 0 Å². The third-order valence-electron chi connectivity index (χ3n) is 1.91. The van der Waals surface area contributed by atoms with Crippen molar-refractivity contribution in [1.29, 1.82) is 0 Å². The molecule has 1 unspecified atom stereocenters. The number of hydrogen-bond acceptors (Lipinski definition) is 1. The first-order chi connectivity index (χ1) is 7.26. The fourth-order valence-electron chi connectivity index (χ4n) is 1.05. The summed E-state index contributed by atoms with van der Waals surface area (Å²) in [6.07, 6.45) is -7.27. The van der Waals surface area contributed by atoms with Crippen LogP contribution in [0.15, 0.2) is 18.2 Å². The first-order valence-corrected chi connectivity index (χ1v) is 4.05. The van der Waals surface area contributed by atoms with Gasteiger partial charge in [-0.3, -0.25) is 0 Å². The minimum Gasteiger partial charge on any atom is -0.382 e. The van der Waals surface area contributed by atoms with Gasteiger partial charge in [0.25, 0.3) is 0 Å². The second kappa shape index (κ2) is 4.32. The number of rotatable bonds is 3. The molecule has 0 aliphatic carbocycles. The van der Waals surface area contributed by atoms with Crippen LogP contribution in [0.3, 0.4) is 0 Å². The van der Waals surface area contributed by atoms with Gasteiger partial charge in [0.2, 0.25) is 0 Å². The maximum Gasteiger partial charge on any atom is 0.336 e. The lowest BCUT2D eigenvalue weighted by Gasteiger charge is -2.22. The summed E-state index contributed by atoms with van der Waals surface area (Å²) >= 11 is 0. The highest BCUT2D eigenvalue weighted by molar-refractivity contribution is 5.23. The minimum atomic E-state index is -4.84. The maximum absolute atomic E-state index is 12.9. The Balaban J connectivity index is 3.14. The third-order valence-corrected chi connectivity index (χ3v) is 1.91. The van der Waals surface area contributed by atoms with Crippen molar-refractivity contribution in [3.63, 3.8) is 0 Å². The van der Waals surface area contributed by atoms with E-state index in [1.165, 1.54) is 0 Å². The standard InChI is InChI=1S/C9H6F6O/c10-4-1-2-6(11)5(3-4)7(16)9(14,15)8(12)13/h1-3,7-8,16H. The van der Waals surface area contributed by atoms with E-state index in [-0.39, 0.29) is 6.07 Å². The topological polar surface area (TPSA) is 20.2 Å². The molecule has 1 atom stereocenters. The van der Waals surface area contributed by atoms with Crippen LogP contribution < -0.4 is 0 Å². The van der Waals surface area contributed by atoms with E-state index in [0.29, 0.717) is 12.1 Å². The number of benzene rings is 1. The van der Waals surface area contributed by atoms with Gasteiger partial charge in [0.15, 0.2) is 6.10 Å². The van der Waals surface area contributed by atoms with E-state index in [1.807, 2.05) is 0 Å². The highest BCUT2D eigenvalue weighted by Gasteiger charge is 2.49. The molecule has 0 aliphatic heterocycles. The zero-order valence-corrected chi connectivity index (χ0v) is 7.60. The first-order valence-electron chi connectivity index (χ1n) is 4.05. The Morgan fingerprint density at radius 2 is 1.69 bits per heavy atom. The Bertz CT molecular complexity index is 378. The molecule has 0 spiro atoms. The van der Waals surface area contributed by atoms with E-state index in [0.717, 1.165) is 0 Å². The van der Waals surface area contributed by atoms with Crippen molar-refractivity contribution >= 4 is 0 Å². The Morgan fingerprint density at radius 1 is 1.12 bits per heavy atom. The van der Waals surface area contributed by atoms with Gasteiger partial charge in [-0.05, 0) is 18.2 Å². The third kappa shape index (κ3) is 2.29. The fourth-order valence-corrected chi connectivity index (χ4v) is 1.05. The molecule has 0 aromatic heterocycles. The van der Waals surface area contributed by atoms with E-state index in [9.17, 15) is 26.3 Å². The lowest BCUT2D eigenvalue weighted by atomic mass is 10.0. The Labute approximate surface area is 86.3 Å². The number of hydrogen-bond donors (Lipinski definition) is 1. The molecule has 90 valence electrons. The lowest BCUT2D eigenvalue weighted by Crippen LogP contribution is -2.34. The summed E-state index contributed by atoms with van der Waals surface area (Å²) in [4.78, 5) is 0. The summed E-state index contributed by atoms with van der Waals surface area (Å²) in [7, 11) is 0. The van der Waals surface area contributed by atoms with E-state index in [1.54, 1.807) is 0 Å². The quantitative estimate of drug-likeness (QED) is 0.810. The predicted molar refractivity (Wildman–Crippen MR) is 42.3 cm³/mol. The van der Waals surface area contributed by atoms with Crippen molar-refractivity contribution in [2.45, 2.75) is 18.5 Å². The van der Waals surface area contributed by atoms with Gasteiger partial charge in [-0.1, -0.05) is 0 Å². The zero-order chi connectivity index (χ0) is 12.5. The summed E-state index contributed by atoms with van der Waals surface area (Å²) in [5.41, 5.74) is -1.20. The van der Waals surface area contributed by atoms with Crippen LogP contribution in [0, 0.1) is 11.6 Å². The van der Waals surface area contributed by atoms with Crippen LogP contribution >= 0.6 is 0 Å². The predicted octanol–water partition coefficient (Wildman–Crippen LogP) is 2.90. The molecular weight excluding hydrogens is 238 g/mol. The average Bonchev–Trinajstić information content (AvgIpc) is 2.20. The lowest BCUT2D eigenvalue weighted by molar-refractivity contribution is -0.194. The van der Waals surface area contributed by atoms with Crippen molar-refractivity contribution in [1.82, 2.24) is 0 Å². The number of halogens is 6. The molecule has 0 heterocycles. The number of alkyl halides is 4. The van der Waals surface area contributed by atoms with Gasteiger partial charge in [-0.2, -0.15) is 8.78 Å². The monoisotopic (exact) mass is 244 g/mol.